The SMILES string of the molecule is CN=C(NCc1nccn1C)N1CCSC(C(C)C)C1.I. The van der Waals surface area contributed by atoms with Gasteiger partial charge in [-0.05, 0) is 5.92 Å². The number of hydrogen-bond donors (Lipinski definition) is 1. The van der Waals surface area contributed by atoms with Crippen molar-refractivity contribution >= 4 is 41.7 Å². The minimum Gasteiger partial charge on any atom is -0.349 e. The monoisotopic (exact) mass is 423 g/mol. The Morgan fingerprint density at radius 1 is 1.57 bits per heavy atom. The lowest BCUT2D eigenvalue weighted by Crippen LogP contribution is -2.48. The molecule has 1 aromatic heterocycles. The van der Waals surface area contributed by atoms with E-state index in [0.29, 0.717) is 17.7 Å². The van der Waals surface area contributed by atoms with Gasteiger partial charge in [0.05, 0.1) is 6.54 Å². The summed E-state index contributed by atoms with van der Waals surface area (Å²) in [6, 6.07) is 0. The summed E-state index contributed by atoms with van der Waals surface area (Å²) in [5, 5.41) is 4.12. The summed E-state index contributed by atoms with van der Waals surface area (Å²) >= 11 is 2.08. The first-order valence-electron chi connectivity index (χ1n) is 7.15. The minimum absolute atomic E-state index is 0. The van der Waals surface area contributed by atoms with Crippen LogP contribution in [0.3, 0.4) is 0 Å². The zero-order valence-electron chi connectivity index (χ0n) is 13.2. The Labute approximate surface area is 149 Å². The van der Waals surface area contributed by atoms with Crippen molar-refractivity contribution in [3.05, 3.63) is 18.2 Å². The van der Waals surface area contributed by atoms with E-state index in [1.807, 2.05) is 31.1 Å². The first kappa shape index (κ1) is 18.6. The maximum absolute atomic E-state index is 4.42. The zero-order chi connectivity index (χ0) is 14.5. The van der Waals surface area contributed by atoms with Gasteiger partial charge in [-0.3, -0.25) is 4.99 Å². The molecule has 0 saturated carbocycles. The van der Waals surface area contributed by atoms with E-state index in [0.717, 1.165) is 24.9 Å². The molecule has 5 nitrogen and oxygen atoms in total. The number of hydrogen-bond acceptors (Lipinski definition) is 3. The normalized spacial score (nSPS) is 19.6. The van der Waals surface area contributed by atoms with Gasteiger partial charge in [-0.2, -0.15) is 11.8 Å². The average molecular weight is 423 g/mol. The molecule has 1 atom stereocenters. The highest BCUT2D eigenvalue weighted by Gasteiger charge is 2.24. The first-order chi connectivity index (χ1) is 9.61. The van der Waals surface area contributed by atoms with Crippen LogP contribution >= 0.6 is 35.7 Å². The van der Waals surface area contributed by atoms with Gasteiger partial charge in [0.1, 0.15) is 5.82 Å². The summed E-state index contributed by atoms with van der Waals surface area (Å²) in [6.07, 6.45) is 3.79. The van der Waals surface area contributed by atoms with E-state index in [-0.39, 0.29) is 24.0 Å². The van der Waals surface area contributed by atoms with Crippen LogP contribution in [0.1, 0.15) is 19.7 Å². The Bertz CT molecular complexity index is 460. The van der Waals surface area contributed by atoms with E-state index < -0.39 is 0 Å². The van der Waals surface area contributed by atoms with Crippen molar-refractivity contribution in [1.82, 2.24) is 19.8 Å². The van der Waals surface area contributed by atoms with Crippen LogP contribution in [-0.2, 0) is 13.6 Å². The van der Waals surface area contributed by atoms with Gasteiger partial charge in [-0.15, -0.1) is 24.0 Å². The van der Waals surface area contributed by atoms with Crippen molar-refractivity contribution in [1.29, 1.82) is 0 Å². The molecule has 1 unspecified atom stereocenters. The third kappa shape index (κ3) is 5.05. The van der Waals surface area contributed by atoms with Crippen LogP contribution in [0.15, 0.2) is 17.4 Å². The lowest BCUT2D eigenvalue weighted by molar-refractivity contribution is 0.380. The molecule has 120 valence electrons. The number of imidazole rings is 1. The van der Waals surface area contributed by atoms with E-state index in [2.05, 4.69) is 45.8 Å². The lowest BCUT2D eigenvalue weighted by atomic mass is 10.1. The van der Waals surface area contributed by atoms with E-state index in [1.54, 1.807) is 0 Å². The Hall–Kier alpha value is -0.440. The molecule has 1 aliphatic heterocycles. The standard InChI is InChI=1S/C14H25N5S.HI/c1-11(2)12-10-19(7-8-20-12)14(15-3)17-9-13-16-5-6-18(13)4;/h5-6,11-12H,7-10H2,1-4H3,(H,15,17);1H. The number of thioether (sulfide) groups is 1. The van der Waals surface area contributed by atoms with Crippen LogP contribution in [0, 0.1) is 5.92 Å². The molecule has 1 aliphatic rings. The number of rotatable bonds is 3. The molecule has 0 amide bonds. The number of nitrogens with zero attached hydrogens (tertiary/aromatic N) is 4. The third-order valence-electron chi connectivity index (χ3n) is 3.67. The second-order valence-corrected chi connectivity index (χ2v) is 6.80. The van der Waals surface area contributed by atoms with E-state index in [4.69, 9.17) is 0 Å². The third-order valence-corrected chi connectivity index (χ3v) is 5.21. The Morgan fingerprint density at radius 3 is 2.90 bits per heavy atom. The number of guanidine groups is 1. The molecule has 0 aromatic carbocycles. The fourth-order valence-corrected chi connectivity index (χ4v) is 3.63. The molecule has 0 bridgehead atoms. The van der Waals surface area contributed by atoms with Gasteiger partial charge < -0.3 is 14.8 Å². The highest BCUT2D eigenvalue weighted by molar-refractivity contribution is 14.0. The number of halogens is 1. The zero-order valence-corrected chi connectivity index (χ0v) is 16.4. The van der Waals surface area contributed by atoms with Crippen LogP contribution in [-0.4, -0.2) is 51.6 Å². The van der Waals surface area contributed by atoms with Crippen LogP contribution < -0.4 is 5.32 Å². The highest BCUT2D eigenvalue weighted by atomic mass is 127. The van der Waals surface area contributed by atoms with Crippen molar-refractivity contribution in [3.63, 3.8) is 0 Å². The van der Waals surface area contributed by atoms with Gasteiger partial charge in [0.25, 0.3) is 0 Å². The quantitative estimate of drug-likeness (QED) is 0.460. The summed E-state index contributed by atoms with van der Waals surface area (Å²) in [5.41, 5.74) is 0. The number of aromatic nitrogens is 2. The second-order valence-electron chi connectivity index (χ2n) is 5.45. The Morgan fingerprint density at radius 2 is 2.33 bits per heavy atom. The van der Waals surface area contributed by atoms with Gasteiger partial charge >= 0.3 is 0 Å². The Kier molecular flexibility index (Phi) is 7.86. The van der Waals surface area contributed by atoms with Crippen LogP contribution in [0.2, 0.25) is 0 Å². The fourth-order valence-electron chi connectivity index (χ4n) is 2.33. The van der Waals surface area contributed by atoms with Gasteiger partial charge in [0.2, 0.25) is 0 Å². The van der Waals surface area contributed by atoms with Gasteiger partial charge in [-0.1, -0.05) is 13.8 Å². The van der Waals surface area contributed by atoms with Crippen molar-refractivity contribution in [3.8, 4) is 0 Å². The number of aliphatic imine (C=N–C) groups is 1. The summed E-state index contributed by atoms with van der Waals surface area (Å²) in [7, 11) is 3.87. The Balaban J connectivity index is 0.00000220. The predicted octanol–water partition coefficient (Wildman–Crippen LogP) is 2.19. The molecule has 1 saturated heterocycles. The molecular weight excluding hydrogens is 397 g/mol. The molecule has 1 aromatic rings. The molecule has 2 heterocycles. The minimum atomic E-state index is 0. The smallest absolute Gasteiger partial charge is 0.194 e. The molecular formula is C14H26IN5S. The fraction of sp³-hybridized carbons (Fsp3) is 0.714. The summed E-state index contributed by atoms with van der Waals surface area (Å²) < 4.78 is 2.03. The van der Waals surface area contributed by atoms with Crippen molar-refractivity contribution < 1.29 is 0 Å². The van der Waals surface area contributed by atoms with Crippen molar-refractivity contribution in [2.45, 2.75) is 25.6 Å². The molecule has 0 radical (unpaired) electrons. The average Bonchev–Trinajstić information content (AvgIpc) is 2.85. The van der Waals surface area contributed by atoms with Gasteiger partial charge in [0.15, 0.2) is 5.96 Å². The van der Waals surface area contributed by atoms with E-state index in [9.17, 15) is 0 Å². The van der Waals surface area contributed by atoms with Crippen molar-refractivity contribution in [2.24, 2.45) is 18.0 Å². The highest BCUT2D eigenvalue weighted by Crippen LogP contribution is 2.24. The molecule has 0 aliphatic carbocycles. The summed E-state index contributed by atoms with van der Waals surface area (Å²) in [6.45, 7) is 7.44. The maximum atomic E-state index is 4.42. The topological polar surface area (TPSA) is 45.5 Å². The predicted molar refractivity (Wildman–Crippen MR) is 101 cm³/mol. The molecule has 7 heteroatoms. The summed E-state index contributed by atoms with van der Waals surface area (Å²) in [5.74, 6) is 3.89. The lowest BCUT2D eigenvalue weighted by Gasteiger charge is -2.36. The van der Waals surface area contributed by atoms with Crippen molar-refractivity contribution in [2.75, 3.05) is 25.9 Å². The van der Waals surface area contributed by atoms with Crippen LogP contribution in [0.5, 0.6) is 0 Å². The molecule has 1 fully saturated rings. The van der Waals surface area contributed by atoms with E-state index in [1.165, 1.54) is 5.75 Å². The first-order valence-corrected chi connectivity index (χ1v) is 8.20. The molecule has 21 heavy (non-hydrogen) atoms. The molecule has 0 spiro atoms. The number of nitrogens with one attached hydrogen (secondary N) is 1. The maximum Gasteiger partial charge on any atom is 0.194 e. The van der Waals surface area contributed by atoms with Gasteiger partial charge in [0, 0.05) is 50.6 Å². The molecule has 1 N–H and O–H groups in total. The summed E-state index contributed by atoms with van der Waals surface area (Å²) in [4.78, 5) is 11.1. The largest absolute Gasteiger partial charge is 0.349 e. The van der Waals surface area contributed by atoms with Gasteiger partial charge in [-0.25, -0.2) is 4.98 Å². The second kappa shape index (κ2) is 8.87. The van der Waals surface area contributed by atoms with E-state index >= 15 is 0 Å². The van der Waals surface area contributed by atoms with Crippen LogP contribution in [0.25, 0.3) is 0 Å². The van der Waals surface area contributed by atoms with Crippen LogP contribution in [0.4, 0.5) is 0 Å². The number of aryl methyl sites for hydroxylation is 1. The molecule has 2 rings (SSSR count).